The number of halogens is 8. The molecule has 1 unspecified atom stereocenters. The third-order valence-electron chi connectivity index (χ3n) is 2.74. The van der Waals surface area contributed by atoms with E-state index in [0.717, 1.165) is 0 Å². The summed E-state index contributed by atoms with van der Waals surface area (Å²) in [6, 6.07) is 0. The first kappa shape index (κ1) is 30.1. The number of ether oxygens (including phenoxy) is 3. The topological polar surface area (TPSA) is 133 Å². The molecule has 170 valence electrons. The van der Waals surface area contributed by atoms with Crippen LogP contribution in [0.1, 0.15) is 6.92 Å². The number of esters is 3. The molecule has 1 N–H and O–H groups in total. The summed E-state index contributed by atoms with van der Waals surface area (Å²) >= 11 is 17.1. The van der Waals surface area contributed by atoms with Gasteiger partial charge in [0.2, 0.25) is 4.29 Å². The quantitative estimate of drug-likeness (QED) is 0.168. The van der Waals surface area contributed by atoms with Crippen LogP contribution in [0.3, 0.4) is 0 Å². The van der Waals surface area contributed by atoms with Crippen molar-refractivity contribution in [1.82, 2.24) is 0 Å². The van der Waals surface area contributed by atoms with Gasteiger partial charge in [-0.3, -0.25) is 9.35 Å². The zero-order valence-corrected chi connectivity index (χ0v) is 24.0. The third-order valence-corrected chi connectivity index (χ3v) is 5.70. The standard InChI is InChI=1S/C11H10Br6F2O9S/c1-4(11(18,19)29(23,24)25)28-6(20)5(2-26-7(21)9(12,13)14)3-27-8(22)10(15,16)17/h4-5H,2-3H2,1H3,(H,23,24,25). The van der Waals surface area contributed by atoms with Crippen molar-refractivity contribution in [3.63, 3.8) is 0 Å². The van der Waals surface area contributed by atoms with E-state index in [4.69, 9.17) is 14.0 Å². The Kier molecular flexibility index (Phi) is 11.7. The summed E-state index contributed by atoms with van der Waals surface area (Å²) in [7, 11) is -5.88. The van der Waals surface area contributed by atoms with E-state index in [-0.39, 0.29) is 0 Å². The molecule has 29 heavy (non-hydrogen) atoms. The van der Waals surface area contributed by atoms with Crippen LogP contribution >= 0.6 is 95.6 Å². The molecule has 0 aliphatic carbocycles. The first-order valence-corrected chi connectivity index (χ1v) is 12.9. The Hall–Kier alpha value is 1.06. The molecular weight excluding hydrogens is 826 g/mol. The fourth-order valence-corrected chi connectivity index (χ4v) is 2.40. The molecule has 0 fully saturated rings. The molecule has 0 saturated carbocycles. The minimum Gasteiger partial charge on any atom is -0.462 e. The number of hydrogen-bond donors (Lipinski definition) is 1. The summed E-state index contributed by atoms with van der Waals surface area (Å²) in [5.74, 6) is -5.09. The Labute approximate surface area is 213 Å². The van der Waals surface area contributed by atoms with Gasteiger partial charge in [0.05, 0.1) is 0 Å². The third kappa shape index (κ3) is 10.0. The molecule has 0 saturated heterocycles. The van der Waals surface area contributed by atoms with Crippen LogP contribution in [0.2, 0.25) is 0 Å². The Balaban J connectivity index is 5.37. The molecule has 0 bridgehead atoms. The smallest absolute Gasteiger partial charge is 0.405 e. The van der Waals surface area contributed by atoms with E-state index >= 15 is 0 Å². The van der Waals surface area contributed by atoms with Crippen LogP contribution in [0, 0.1) is 5.92 Å². The van der Waals surface area contributed by atoms with Crippen LogP contribution in [0.15, 0.2) is 0 Å². The van der Waals surface area contributed by atoms with Crippen LogP contribution in [0.4, 0.5) is 8.78 Å². The summed E-state index contributed by atoms with van der Waals surface area (Å²) < 4.78 is 68.1. The molecule has 18 heteroatoms. The molecule has 0 rings (SSSR count). The first-order valence-electron chi connectivity index (χ1n) is 6.74. The van der Waals surface area contributed by atoms with Crippen molar-refractivity contribution in [2.75, 3.05) is 13.2 Å². The van der Waals surface area contributed by atoms with E-state index in [1.807, 2.05) is 0 Å². The van der Waals surface area contributed by atoms with E-state index in [9.17, 15) is 31.6 Å². The minimum absolute atomic E-state index is 0.516. The van der Waals surface area contributed by atoms with Gasteiger partial charge in [0.15, 0.2) is 6.10 Å². The van der Waals surface area contributed by atoms with Crippen molar-refractivity contribution < 1.29 is 50.3 Å². The van der Waals surface area contributed by atoms with Gasteiger partial charge in [0.1, 0.15) is 19.1 Å². The molecule has 0 radical (unpaired) electrons. The first-order chi connectivity index (χ1) is 12.7. The monoisotopic (exact) mass is 830 g/mol. The number of alkyl halides is 8. The van der Waals surface area contributed by atoms with Gasteiger partial charge in [-0.05, 0) is 103 Å². The van der Waals surface area contributed by atoms with Gasteiger partial charge in [-0.15, -0.1) is 0 Å². The van der Waals surface area contributed by atoms with Gasteiger partial charge < -0.3 is 14.2 Å². The highest BCUT2D eigenvalue weighted by Crippen LogP contribution is 2.36. The lowest BCUT2D eigenvalue weighted by atomic mass is 10.2. The highest BCUT2D eigenvalue weighted by atomic mass is 80.0. The van der Waals surface area contributed by atoms with Crippen molar-refractivity contribution in [3.05, 3.63) is 0 Å². The predicted molar refractivity (Wildman–Crippen MR) is 116 cm³/mol. The Morgan fingerprint density at radius 1 is 0.931 bits per heavy atom. The van der Waals surface area contributed by atoms with Crippen molar-refractivity contribution in [2.45, 2.75) is 22.6 Å². The average Bonchev–Trinajstić information content (AvgIpc) is 2.50. The number of rotatable bonds is 8. The van der Waals surface area contributed by atoms with E-state index in [0.29, 0.717) is 6.92 Å². The molecule has 0 amide bonds. The second-order valence-corrected chi connectivity index (χ2v) is 20.0. The van der Waals surface area contributed by atoms with Gasteiger partial charge in [0.25, 0.3) is 0 Å². The van der Waals surface area contributed by atoms with Crippen LogP contribution < -0.4 is 0 Å². The van der Waals surface area contributed by atoms with Gasteiger partial charge in [-0.25, -0.2) is 9.59 Å². The Morgan fingerprint density at radius 3 is 1.55 bits per heavy atom. The summed E-state index contributed by atoms with van der Waals surface area (Å²) in [6.45, 7) is -1.07. The lowest BCUT2D eigenvalue weighted by molar-refractivity contribution is -0.171. The number of carbonyl (C=O) groups is 3. The molecule has 0 aromatic rings. The van der Waals surface area contributed by atoms with Crippen molar-refractivity contribution in [1.29, 1.82) is 0 Å². The molecule has 0 aromatic heterocycles. The second kappa shape index (κ2) is 11.3. The maximum Gasteiger partial charge on any atom is 0.405 e. The van der Waals surface area contributed by atoms with Gasteiger partial charge >= 0.3 is 33.3 Å². The lowest BCUT2D eigenvalue weighted by Gasteiger charge is -2.24. The molecular formula is C11H10Br6F2O9S. The highest BCUT2D eigenvalue weighted by Gasteiger charge is 2.52. The summed E-state index contributed by atoms with van der Waals surface area (Å²) in [5.41, 5.74) is 0. The molecule has 9 nitrogen and oxygen atoms in total. The minimum atomic E-state index is -5.88. The Morgan fingerprint density at radius 2 is 1.28 bits per heavy atom. The fourth-order valence-electron chi connectivity index (χ4n) is 1.25. The molecule has 0 spiro atoms. The second-order valence-electron chi connectivity index (χ2n) is 5.01. The van der Waals surface area contributed by atoms with E-state index in [1.165, 1.54) is 0 Å². The maximum atomic E-state index is 13.6. The lowest BCUT2D eigenvalue weighted by Crippen LogP contribution is -2.44. The highest BCUT2D eigenvalue weighted by molar-refractivity contribution is 9.40. The maximum absolute atomic E-state index is 13.6. The largest absolute Gasteiger partial charge is 0.462 e. The van der Waals surface area contributed by atoms with Gasteiger partial charge in [-0.1, -0.05) is 0 Å². The van der Waals surface area contributed by atoms with Crippen LogP contribution in [0.25, 0.3) is 0 Å². The van der Waals surface area contributed by atoms with Crippen molar-refractivity contribution >= 4 is 124 Å². The van der Waals surface area contributed by atoms with E-state index < -0.39 is 62.8 Å². The van der Waals surface area contributed by atoms with Gasteiger partial charge in [-0.2, -0.15) is 17.2 Å². The van der Waals surface area contributed by atoms with E-state index in [2.05, 4.69) is 100 Å². The van der Waals surface area contributed by atoms with Gasteiger partial charge in [0, 0.05) is 0 Å². The SMILES string of the molecule is CC(OC(=O)C(COC(=O)C(Br)(Br)Br)COC(=O)C(Br)(Br)Br)C(F)(F)S(=O)(=O)O. The molecule has 1 atom stereocenters. The van der Waals surface area contributed by atoms with Crippen LogP contribution in [-0.2, 0) is 38.7 Å². The molecule has 0 aliphatic heterocycles. The number of carbonyl (C=O) groups excluding carboxylic acids is 3. The normalized spacial score (nSPS) is 14.3. The number of hydrogen-bond acceptors (Lipinski definition) is 8. The predicted octanol–water partition coefficient (Wildman–Crippen LogP) is 3.78. The molecule has 0 aliphatic rings. The van der Waals surface area contributed by atoms with Crippen molar-refractivity contribution in [2.24, 2.45) is 5.92 Å². The summed E-state index contributed by atoms with van der Waals surface area (Å²) in [6.07, 6.45) is -2.61. The zero-order valence-electron chi connectivity index (χ0n) is 13.7. The van der Waals surface area contributed by atoms with Crippen molar-refractivity contribution in [3.8, 4) is 0 Å². The molecule has 0 aromatic carbocycles. The average molecular weight is 836 g/mol. The fraction of sp³-hybridized carbons (Fsp3) is 0.727. The van der Waals surface area contributed by atoms with E-state index in [1.54, 1.807) is 0 Å². The summed E-state index contributed by atoms with van der Waals surface area (Å²) in [4.78, 5) is 35.6. The Bertz CT molecular complexity index is 704. The van der Waals surface area contributed by atoms with Crippen LogP contribution in [-0.4, -0.2) is 59.7 Å². The van der Waals surface area contributed by atoms with Crippen LogP contribution in [0.5, 0.6) is 0 Å². The zero-order chi connectivity index (χ0) is 23.4. The molecule has 0 heterocycles. The summed E-state index contributed by atoms with van der Waals surface area (Å²) in [5, 5.41) is -4.81.